The smallest absolute Gasteiger partial charge is 0.190 e. The summed E-state index contributed by atoms with van der Waals surface area (Å²) in [6.07, 6.45) is 1.37. The lowest BCUT2D eigenvalue weighted by Crippen LogP contribution is -2.06. The zero-order valence-electron chi connectivity index (χ0n) is 8.47. The number of carbonyl (C=O) groups excluding carboxylic acids is 1. The van der Waals surface area contributed by atoms with E-state index >= 15 is 0 Å². The van der Waals surface area contributed by atoms with Crippen molar-refractivity contribution in [2.75, 3.05) is 7.05 Å². The number of carbonyl (C=O) groups is 1. The minimum Gasteiger partial charge on any atom is -0.392 e. The first kappa shape index (κ1) is 11.9. The van der Waals surface area contributed by atoms with E-state index in [9.17, 15) is 9.18 Å². The summed E-state index contributed by atoms with van der Waals surface area (Å²) < 4.78 is 14.0. The third-order valence-electron chi connectivity index (χ3n) is 1.94. The van der Waals surface area contributed by atoms with E-state index in [2.05, 4.69) is 21.2 Å². The van der Waals surface area contributed by atoms with Crippen LogP contribution in [-0.2, 0) is 0 Å². The molecule has 15 heavy (non-hydrogen) atoms. The maximum Gasteiger partial charge on any atom is 0.190 e. The van der Waals surface area contributed by atoms with E-state index in [0.29, 0.717) is 10.2 Å². The van der Waals surface area contributed by atoms with Crippen molar-refractivity contribution >= 4 is 21.7 Å². The molecule has 4 heteroatoms. The van der Waals surface area contributed by atoms with Gasteiger partial charge < -0.3 is 5.32 Å². The summed E-state index contributed by atoms with van der Waals surface area (Å²) in [5.41, 5.74) is 0.773. The van der Waals surface area contributed by atoms with E-state index in [1.54, 1.807) is 20.0 Å². The highest BCUT2D eigenvalue weighted by Crippen LogP contribution is 2.16. The van der Waals surface area contributed by atoms with E-state index in [-0.39, 0.29) is 11.3 Å². The molecule has 0 spiro atoms. The summed E-state index contributed by atoms with van der Waals surface area (Å²) in [7, 11) is 1.71. The summed E-state index contributed by atoms with van der Waals surface area (Å²) >= 11 is 3.13. The maximum atomic E-state index is 13.4. The van der Waals surface area contributed by atoms with Gasteiger partial charge in [0.2, 0.25) is 0 Å². The molecule has 0 aromatic heterocycles. The molecular formula is C11H11BrFNO. The lowest BCUT2D eigenvalue weighted by molar-refractivity contribution is 0.104. The van der Waals surface area contributed by atoms with Gasteiger partial charge in [0.1, 0.15) is 5.82 Å². The van der Waals surface area contributed by atoms with Crippen molar-refractivity contribution in [3.8, 4) is 0 Å². The Hall–Kier alpha value is -1.16. The number of benzene rings is 1. The van der Waals surface area contributed by atoms with Crippen LogP contribution in [0.1, 0.15) is 17.3 Å². The number of allylic oxidation sites excluding steroid dienone is 2. The molecule has 0 aliphatic rings. The van der Waals surface area contributed by atoms with Gasteiger partial charge in [0, 0.05) is 23.3 Å². The fourth-order valence-corrected chi connectivity index (χ4v) is 1.37. The average molecular weight is 272 g/mol. The van der Waals surface area contributed by atoms with Crippen molar-refractivity contribution < 1.29 is 9.18 Å². The van der Waals surface area contributed by atoms with E-state index in [0.717, 1.165) is 0 Å². The van der Waals surface area contributed by atoms with Crippen LogP contribution in [0.4, 0.5) is 4.39 Å². The van der Waals surface area contributed by atoms with Gasteiger partial charge in [0.15, 0.2) is 5.78 Å². The van der Waals surface area contributed by atoms with Crippen LogP contribution in [0, 0.1) is 5.82 Å². The van der Waals surface area contributed by atoms with Gasteiger partial charge in [-0.1, -0.05) is 15.9 Å². The Bertz CT molecular complexity index is 415. The molecule has 0 amide bonds. The zero-order valence-corrected chi connectivity index (χ0v) is 10.1. The molecule has 0 aliphatic carbocycles. The Balaban J connectivity index is 3.02. The molecule has 1 rings (SSSR count). The van der Waals surface area contributed by atoms with Gasteiger partial charge in [-0.05, 0) is 25.1 Å². The summed E-state index contributed by atoms with van der Waals surface area (Å²) in [6, 6.07) is 4.37. The van der Waals surface area contributed by atoms with Crippen LogP contribution in [0.15, 0.2) is 34.4 Å². The SMILES string of the molecule is CN/C(C)=C/C(=O)c1ccc(Br)cc1F. The fraction of sp³-hybridized carbons (Fsp3) is 0.182. The van der Waals surface area contributed by atoms with Crippen LogP contribution in [0.3, 0.4) is 0 Å². The highest BCUT2D eigenvalue weighted by atomic mass is 79.9. The predicted octanol–water partition coefficient (Wildman–Crippen LogP) is 2.89. The third-order valence-corrected chi connectivity index (χ3v) is 2.43. The molecule has 0 fully saturated rings. The first-order chi connectivity index (χ1) is 7.04. The lowest BCUT2D eigenvalue weighted by atomic mass is 10.1. The Morgan fingerprint density at radius 3 is 2.73 bits per heavy atom. The molecule has 0 radical (unpaired) electrons. The van der Waals surface area contributed by atoms with Gasteiger partial charge in [-0.15, -0.1) is 0 Å². The number of hydrogen-bond donors (Lipinski definition) is 1. The van der Waals surface area contributed by atoms with Gasteiger partial charge in [-0.3, -0.25) is 4.79 Å². The van der Waals surface area contributed by atoms with Crippen LogP contribution in [0.25, 0.3) is 0 Å². The predicted molar refractivity (Wildman–Crippen MR) is 61.2 cm³/mol. The molecule has 0 aliphatic heterocycles. The highest BCUT2D eigenvalue weighted by Gasteiger charge is 2.09. The van der Waals surface area contributed by atoms with Gasteiger partial charge in [0.25, 0.3) is 0 Å². The molecule has 0 atom stereocenters. The molecule has 0 unspecified atom stereocenters. The van der Waals surface area contributed by atoms with E-state index < -0.39 is 5.82 Å². The molecule has 80 valence electrons. The minimum absolute atomic E-state index is 0.0767. The molecule has 0 heterocycles. The summed E-state index contributed by atoms with van der Waals surface area (Å²) in [6.45, 7) is 1.74. The second-order valence-electron chi connectivity index (χ2n) is 3.07. The molecule has 1 aromatic rings. The maximum absolute atomic E-state index is 13.4. The Labute approximate surface area is 96.3 Å². The number of ketones is 1. The largest absolute Gasteiger partial charge is 0.392 e. The van der Waals surface area contributed by atoms with Crippen molar-refractivity contribution in [2.24, 2.45) is 0 Å². The molecule has 0 saturated carbocycles. The Morgan fingerprint density at radius 2 is 2.20 bits per heavy atom. The van der Waals surface area contributed by atoms with Gasteiger partial charge in [-0.2, -0.15) is 0 Å². The third kappa shape index (κ3) is 3.16. The normalized spacial score (nSPS) is 11.3. The van der Waals surface area contributed by atoms with E-state index in [4.69, 9.17) is 0 Å². The van der Waals surface area contributed by atoms with Crippen molar-refractivity contribution in [3.63, 3.8) is 0 Å². The second kappa shape index (κ2) is 5.07. The van der Waals surface area contributed by atoms with Crippen molar-refractivity contribution in [2.45, 2.75) is 6.92 Å². The fourth-order valence-electron chi connectivity index (χ4n) is 1.04. The minimum atomic E-state index is -0.519. The molecule has 0 bridgehead atoms. The van der Waals surface area contributed by atoms with Crippen molar-refractivity contribution in [3.05, 3.63) is 45.8 Å². The number of nitrogens with one attached hydrogen (secondary N) is 1. The number of halogens is 2. The molecule has 1 N–H and O–H groups in total. The van der Waals surface area contributed by atoms with Gasteiger partial charge in [-0.25, -0.2) is 4.39 Å². The van der Waals surface area contributed by atoms with Crippen LogP contribution in [-0.4, -0.2) is 12.8 Å². The quantitative estimate of drug-likeness (QED) is 0.677. The Morgan fingerprint density at radius 1 is 1.53 bits per heavy atom. The van der Waals surface area contributed by atoms with E-state index in [1.807, 2.05) is 0 Å². The van der Waals surface area contributed by atoms with Crippen molar-refractivity contribution in [1.82, 2.24) is 5.32 Å². The zero-order chi connectivity index (χ0) is 11.4. The van der Waals surface area contributed by atoms with Crippen LogP contribution >= 0.6 is 15.9 Å². The molecule has 2 nitrogen and oxygen atoms in total. The standard InChI is InChI=1S/C11H11BrFNO/c1-7(14-2)5-11(15)9-4-3-8(12)6-10(9)13/h3-6,14H,1-2H3/b7-5+. The van der Waals surface area contributed by atoms with Gasteiger partial charge >= 0.3 is 0 Å². The first-order valence-electron chi connectivity index (χ1n) is 4.40. The topological polar surface area (TPSA) is 29.1 Å². The summed E-state index contributed by atoms with van der Waals surface area (Å²) in [5, 5.41) is 2.80. The van der Waals surface area contributed by atoms with E-state index in [1.165, 1.54) is 18.2 Å². The Kier molecular flexibility index (Phi) is 4.03. The van der Waals surface area contributed by atoms with Gasteiger partial charge in [0.05, 0.1) is 5.56 Å². The monoisotopic (exact) mass is 271 g/mol. The van der Waals surface area contributed by atoms with Crippen molar-refractivity contribution in [1.29, 1.82) is 0 Å². The molecule has 0 saturated heterocycles. The molecule has 1 aromatic carbocycles. The highest BCUT2D eigenvalue weighted by molar-refractivity contribution is 9.10. The average Bonchev–Trinajstić information content (AvgIpc) is 2.17. The summed E-state index contributed by atoms with van der Waals surface area (Å²) in [4.78, 5) is 11.6. The number of rotatable bonds is 3. The van der Waals surface area contributed by atoms with Crippen LogP contribution < -0.4 is 5.32 Å². The first-order valence-corrected chi connectivity index (χ1v) is 5.19. The summed E-state index contributed by atoms with van der Waals surface area (Å²) in [5.74, 6) is -0.860. The lowest BCUT2D eigenvalue weighted by Gasteiger charge is -2.01. The number of hydrogen-bond acceptors (Lipinski definition) is 2. The van der Waals surface area contributed by atoms with Crippen LogP contribution in [0.2, 0.25) is 0 Å². The molecular weight excluding hydrogens is 261 g/mol. The second-order valence-corrected chi connectivity index (χ2v) is 3.98. The van der Waals surface area contributed by atoms with Crippen LogP contribution in [0.5, 0.6) is 0 Å².